The maximum absolute atomic E-state index is 12.7. The molecule has 1 aliphatic rings. The van der Waals surface area contributed by atoms with E-state index in [1.807, 2.05) is 42.2 Å². The maximum atomic E-state index is 12.7. The summed E-state index contributed by atoms with van der Waals surface area (Å²) in [6.07, 6.45) is 3.66. The summed E-state index contributed by atoms with van der Waals surface area (Å²) >= 11 is 0. The lowest BCUT2D eigenvalue weighted by molar-refractivity contribution is -0.139. The number of likely N-dealkylation sites (tertiary alicyclic amines) is 1. The van der Waals surface area contributed by atoms with Crippen LogP contribution < -0.4 is 4.74 Å². The summed E-state index contributed by atoms with van der Waals surface area (Å²) in [5, 5.41) is 1.30. The molecule has 2 heterocycles. The Balaban J connectivity index is 1.38. The molecule has 1 aromatic heterocycles. The second-order valence-corrected chi connectivity index (χ2v) is 6.96. The van der Waals surface area contributed by atoms with Crippen LogP contribution in [-0.4, -0.2) is 35.0 Å². The zero-order valence-corrected chi connectivity index (χ0v) is 15.0. The molecule has 0 aliphatic carbocycles. The highest BCUT2D eigenvalue weighted by Crippen LogP contribution is 2.33. The Kier molecular flexibility index (Phi) is 4.65. The predicted molar refractivity (Wildman–Crippen MR) is 103 cm³/mol. The molecule has 1 aliphatic heterocycles. The van der Waals surface area contributed by atoms with Gasteiger partial charge in [0.25, 0.3) is 5.91 Å². The number of H-pyrrole nitrogens is 1. The van der Waals surface area contributed by atoms with Crippen LogP contribution in [0, 0.1) is 0 Å². The van der Waals surface area contributed by atoms with Crippen molar-refractivity contribution in [2.45, 2.75) is 31.8 Å². The van der Waals surface area contributed by atoms with Crippen LogP contribution >= 0.6 is 0 Å². The van der Waals surface area contributed by atoms with Crippen molar-refractivity contribution in [2.24, 2.45) is 0 Å². The van der Waals surface area contributed by atoms with Crippen LogP contribution in [0.15, 0.2) is 60.8 Å². The first-order valence-corrected chi connectivity index (χ1v) is 9.29. The molecular formula is C22H24N2O2. The molecule has 2 aromatic carbocycles. The van der Waals surface area contributed by atoms with Crippen molar-refractivity contribution in [3.05, 3.63) is 66.4 Å². The van der Waals surface area contributed by atoms with Gasteiger partial charge in [-0.3, -0.25) is 4.79 Å². The van der Waals surface area contributed by atoms with Gasteiger partial charge in [-0.15, -0.1) is 0 Å². The number of benzene rings is 2. The summed E-state index contributed by atoms with van der Waals surface area (Å²) < 4.78 is 5.79. The number of carbonyl (C=O) groups is 1. The molecule has 0 bridgehead atoms. The summed E-state index contributed by atoms with van der Waals surface area (Å²) in [6, 6.07) is 18.0. The Hall–Kier alpha value is -2.75. The Bertz CT molecular complexity index is 879. The summed E-state index contributed by atoms with van der Waals surface area (Å²) in [6.45, 7) is 3.40. The van der Waals surface area contributed by atoms with Gasteiger partial charge in [0.15, 0.2) is 6.10 Å². The summed E-state index contributed by atoms with van der Waals surface area (Å²) in [5.74, 6) is 1.31. The van der Waals surface area contributed by atoms with Crippen molar-refractivity contribution in [3.8, 4) is 5.75 Å². The van der Waals surface area contributed by atoms with Gasteiger partial charge in [-0.25, -0.2) is 0 Å². The van der Waals surface area contributed by atoms with Crippen LogP contribution in [0.1, 0.15) is 31.2 Å². The average molecular weight is 348 g/mol. The van der Waals surface area contributed by atoms with Gasteiger partial charge in [0.1, 0.15) is 5.75 Å². The summed E-state index contributed by atoms with van der Waals surface area (Å²) in [7, 11) is 0. The van der Waals surface area contributed by atoms with E-state index in [2.05, 4.69) is 35.4 Å². The molecule has 3 aromatic rings. The number of para-hydroxylation sites is 2. The van der Waals surface area contributed by atoms with E-state index in [9.17, 15) is 4.79 Å². The number of ether oxygens (including phenoxy) is 1. The van der Waals surface area contributed by atoms with Crippen LogP contribution in [0.3, 0.4) is 0 Å². The fraction of sp³-hybridized carbons (Fsp3) is 0.318. The van der Waals surface area contributed by atoms with E-state index in [1.165, 1.54) is 16.5 Å². The lowest BCUT2D eigenvalue weighted by atomic mass is 9.89. The maximum Gasteiger partial charge on any atom is 0.263 e. The van der Waals surface area contributed by atoms with Gasteiger partial charge in [-0.2, -0.15) is 0 Å². The fourth-order valence-electron chi connectivity index (χ4n) is 3.85. The van der Waals surface area contributed by atoms with E-state index < -0.39 is 6.10 Å². The lowest BCUT2D eigenvalue weighted by Gasteiger charge is -2.33. The number of fused-ring (bicyclic) bond motifs is 1. The minimum Gasteiger partial charge on any atom is -0.481 e. The molecule has 0 spiro atoms. The quantitative estimate of drug-likeness (QED) is 0.762. The van der Waals surface area contributed by atoms with Crippen LogP contribution in [-0.2, 0) is 4.79 Å². The number of amides is 1. The molecule has 1 saturated heterocycles. The van der Waals surface area contributed by atoms with E-state index in [1.54, 1.807) is 0 Å². The third-order valence-corrected chi connectivity index (χ3v) is 5.27. The van der Waals surface area contributed by atoms with Crippen LogP contribution in [0.2, 0.25) is 0 Å². The molecular weight excluding hydrogens is 324 g/mol. The van der Waals surface area contributed by atoms with Crippen molar-refractivity contribution < 1.29 is 9.53 Å². The van der Waals surface area contributed by atoms with E-state index in [4.69, 9.17) is 4.74 Å². The second-order valence-electron chi connectivity index (χ2n) is 6.96. The van der Waals surface area contributed by atoms with Gasteiger partial charge in [-0.1, -0.05) is 36.4 Å². The van der Waals surface area contributed by atoms with E-state index in [0.717, 1.165) is 31.7 Å². The summed E-state index contributed by atoms with van der Waals surface area (Å²) in [4.78, 5) is 18.0. The van der Waals surface area contributed by atoms with Crippen molar-refractivity contribution in [1.82, 2.24) is 9.88 Å². The smallest absolute Gasteiger partial charge is 0.263 e. The zero-order chi connectivity index (χ0) is 17.9. The molecule has 1 amide bonds. The number of piperidine rings is 1. The number of aromatic nitrogens is 1. The first kappa shape index (κ1) is 16.7. The first-order chi connectivity index (χ1) is 12.7. The Morgan fingerprint density at radius 2 is 1.77 bits per heavy atom. The van der Waals surface area contributed by atoms with Crippen LogP contribution in [0.25, 0.3) is 10.9 Å². The number of aromatic amines is 1. The second kappa shape index (κ2) is 7.24. The highest BCUT2D eigenvalue weighted by atomic mass is 16.5. The number of rotatable bonds is 4. The van der Waals surface area contributed by atoms with Crippen LogP contribution in [0.5, 0.6) is 5.75 Å². The van der Waals surface area contributed by atoms with Gasteiger partial charge in [0, 0.05) is 30.2 Å². The number of nitrogens with one attached hydrogen (secondary N) is 1. The van der Waals surface area contributed by atoms with Crippen LogP contribution in [0.4, 0.5) is 0 Å². The SMILES string of the molecule is CC(Oc1ccccc1)C(=O)N1CCC(c2c[nH]c3ccccc23)CC1. The molecule has 4 heteroatoms. The van der Waals surface area contributed by atoms with Crippen molar-refractivity contribution in [1.29, 1.82) is 0 Å². The molecule has 4 rings (SSSR count). The molecule has 1 atom stereocenters. The normalized spacial score (nSPS) is 16.6. The van der Waals surface area contributed by atoms with Crippen molar-refractivity contribution in [3.63, 3.8) is 0 Å². The van der Waals surface area contributed by atoms with E-state index >= 15 is 0 Å². The van der Waals surface area contributed by atoms with Crippen molar-refractivity contribution in [2.75, 3.05) is 13.1 Å². The van der Waals surface area contributed by atoms with Gasteiger partial charge in [0.05, 0.1) is 0 Å². The molecule has 1 N–H and O–H groups in total. The molecule has 4 nitrogen and oxygen atoms in total. The van der Waals surface area contributed by atoms with Gasteiger partial charge in [0.2, 0.25) is 0 Å². The highest BCUT2D eigenvalue weighted by Gasteiger charge is 2.28. The number of nitrogens with zero attached hydrogens (tertiary/aromatic N) is 1. The number of carbonyl (C=O) groups excluding carboxylic acids is 1. The molecule has 26 heavy (non-hydrogen) atoms. The lowest BCUT2D eigenvalue weighted by Crippen LogP contribution is -2.44. The molecule has 0 radical (unpaired) electrons. The molecule has 134 valence electrons. The Labute approximate surface area is 153 Å². The minimum absolute atomic E-state index is 0.0752. The average Bonchev–Trinajstić information content (AvgIpc) is 3.12. The standard InChI is InChI=1S/C22H24N2O2/c1-16(26-18-7-3-2-4-8-18)22(25)24-13-11-17(12-14-24)20-15-23-21-10-6-5-9-19(20)21/h2-10,15-17,23H,11-14H2,1H3. The van der Waals surface area contributed by atoms with E-state index in [0.29, 0.717) is 5.92 Å². The largest absolute Gasteiger partial charge is 0.481 e. The number of hydrogen-bond donors (Lipinski definition) is 1. The first-order valence-electron chi connectivity index (χ1n) is 9.29. The fourth-order valence-corrected chi connectivity index (χ4v) is 3.85. The zero-order valence-electron chi connectivity index (χ0n) is 15.0. The summed E-state index contributed by atoms with van der Waals surface area (Å²) in [5.41, 5.74) is 2.56. The molecule has 1 unspecified atom stereocenters. The minimum atomic E-state index is -0.456. The third-order valence-electron chi connectivity index (χ3n) is 5.27. The Morgan fingerprint density at radius 1 is 1.08 bits per heavy atom. The van der Waals surface area contributed by atoms with Crippen molar-refractivity contribution >= 4 is 16.8 Å². The van der Waals surface area contributed by atoms with Gasteiger partial charge in [-0.05, 0) is 49.4 Å². The third kappa shape index (κ3) is 3.32. The molecule has 0 saturated carbocycles. The molecule has 1 fully saturated rings. The topological polar surface area (TPSA) is 45.3 Å². The monoisotopic (exact) mass is 348 g/mol. The van der Waals surface area contributed by atoms with Gasteiger partial charge < -0.3 is 14.6 Å². The Morgan fingerprint density at radius 3 is 2.54 bits per heavy atom. The number of hydrogen-bond acceptors (Lipinski definition) is 2. The predicted octanol–water partition coefficient (Wildman–Crippen LogP) is 4.34. The highest BCUT2D eigenvalue weighted by molar-refractivity contribution is 5.84. The van der Waals surface area contributed by atoms with Gasteiger partial charge >= 0.3 is 0 Å². The van der Waals surface area contributed by atoms with E-state index in [-0.39, 0.29) is 5.91 Å².